The van der Waals surface area contributed by atoms with Crippen LogP contribution in [-0.4, -0.2) is 238 Å². The topological polar surface area (TPSA) is 645 Å². The van der Waals surface area contributed by atoms with E-state index < -0.39 is 201 Å². The number of nitrogens with two attached hydrogens (primary N) is 6. The summed E-state index contributed by atoms with van der Waals surface area (Å²) in [5.74, 6) is -16.9. The SMILES string of the molecule is CC(C)[C@H](N)C(=O)N[C@@H](CO)C(=O)NCC(=O)N[C@@H](CC(N)=O)C(=O)N[C@H](C(=O)N[C@@H](CO)C(=O)N1CCC[C@H]1C(=O)NCC(=O)N[C@H](C(=O)N[C@@H](CCCN=C(N)N)C(=O)N[C@@H](CCCN=C(N)N)C(=O)N[C@@H](CCC(=O)O)C(=O)O)[C@@H](C)O)C(C)C. The van der Waals surface area contributed by atoms with E-state index in [1.807, 2.05) is 0 Å². The second kappa shape index (κ2) is 38.9. The van der Waals surface area contributed by atoms with Crippen LogP contribution in [0.4, 0.5) is 0 Å². The maximum Gasteiger partial charge on any atom is 0.326 e. The maximum absolute atomic E-state index is 13.9. The molecule has 496 valence electrons. The van der Waals surface area contributed by atoms with Crippen molar-refractivity contribution in [2.75, 3.05) is 45.9 Å². The number of aliphatic hydroxyl groups is 3. The lowest BCUT2D eigenvalue weighted by atomic mass is 10.0. The molecule has 0 saturated carbocycles. The van der Waals surface area contributed by atoms with E-state index in [0.29, 0.717) is 0 Å². The number of aliphatic imine (C=N–C) groups is 2. The average molecular weight is 1260 g/mol. The van der Waals surface area contributed by atoms with Crippen LogP contribution in [0.5, 0.6) is 0 Å². The van der Waals surface area contributed by atoms with Crippen LogP contribution < -0.4 is 87.6 Å². The van der Waals surface area contributed by atoms with Crippen molar-refractivity contribution in [3.05, 3.63) is 0 Å². The van der Waals surface area contributed by atoms with Crippen molar-refractivity contribution >= 4 is 94.7 Å². The smallest absolute Gasteiger partial charge is 0.326 e. The molecule has 11 atom stereocenters. The lowest BCUT2D eigenvalue weighted by Gasteiger charge is -2.30. The van der Waals surface area contributed by atoms with E-state index in [0.717, 1.165) is 11.8 Å². The number of amides is 12. The van der Waals surface area contributed by atoms with Crippen molar-refractivity contribution in [2.24, 2.45) is 56.2 Å². The van der Waals surface area contributed by atoms with Crippen LogP contribution in [-0.2, 0) is 67.1 Å². The summed E-state index contributed by atoms with van der Waals surface area (Å²) < 4.78 is 0. The first kappa shape index (κ1) is 77.0. The van der Waals surface area contributed by atoms with E-state index in [4.69, 9.17) is 39.5 Å². The van der Waals surface area contributed by atoms with E-state index in [2.05, 4.69) is 63.2 Å². The van der Waals surface area contributed by atoms with Crippen LogP contribution in [0, 0.1) is 11.8 Å². The molecule has 88 heavy (non-hydrogen) atoms. The van der Waals surface area contributed by atoms with Gasteiger partial charge in [0, 0.05) is 26.1 Å². The van der Waals surface area contributed by atoms with Crippen LogP contribution in [0.2, 0.25) is 0 Å². The van der Waals surface area contributed by atoms with Crippen molar-refractivity contribution in [2.45, 2.75) is 159 Å². The molecule has 0 aromatic rings. The number of hydrogen-bond acceptors (Lipinski definition) is 20. The minimum atomic E-state index is -1.82. The maximum atomic E-state index is 13.9. The van der Waals surface area contributed by atoms with Gasteiger partial charge in [-0.05, 0) is 63.7 Å². The van der Waals surface area contributed by atoms with Gasteiger partial charge < -0.3 is 118 Å². The highest BCUT2D eigenvalue weighted by Crippen LogP contribution is 2.19. The van der Waals surface area contributed by atoms with E-state index in [1.165, 1.54) is 13.8 Å². The summed E-state index contributed by atoms with van der Waals surface area (Å²) in [6.07, 6.45) is -3.81. The molecule has 38 nitrogen and oxygen atoms in total. The van der Waals surface area contributed by atoms with Crippen LogP contribution in [0.1, 0.15) is 92.4 Å². The third-order valence-electron chi connectivity index (χ3n) is 13.1. The number of aliphatic carboxylic acids is 2. The molecule has 1 aliphatic rings. The number of aliphatic hydroxyl groups excluding tert-OH is 3. The first-order valence-electron chi connectivity index (χ1n) is 27.9. The lowest BCUT2D eigenvalue weighted by molar-refractivity contribution is -0.143. The zero-order valence-electron chi connectivity index (χ0n) is 49.6. The second-order valence-electron chi connectivity index (χ2n) is 21.0. The van der Waals surface area contributed by atoms with E-state index in [-0.39, 0.29) is 76.0 Å². The Kier molecular flexibility index (Phi) is 34.0. The summed E-state index contributed by atoms with van der Waals surface area (Å²) in [5.41, 5.74) is 32.7. The fourth-order valence-corrected chi connectivity index (χ4v) is 8.24. The third-order valence-corrected chi connectivity index (χ3v) is 13.1. The Bertz CT molecular complexity index is 2530. The van der Waals surface area contributed by atoms with Gasteiger partial charge in [-0.15, -0.1) is 0 Å². The average Bonchev–Trinajstić information content (AvgIpc) is 3.91. The van der Waals surface area contributed by atoms with Crippen molar-refractivity contribution in [3.63, 3.8) is 0 Å². The summed E-state index contributed by atoms with van der Waals surface area (Å²) in [7, 11) is 0. The Morgan fingerprint density at radius 1 is 0.534 bits per heavy atom. The monoisotopic (exact) mass is 1260 g/mol. The number of nitrogens with zero attached hydrogens (tertiary/aromatic N) is 3. The minimum Gasteiger partial charge on any atom is -0.481 e. The summed E-state index contributed by atoms with van der Waals surface area (Å²) in [6, 6.07) is -15.4. The molecule has 0 radical (unpaired) electrons. The van der Waals surface area contributed by atoms with Gasteiger partial charge in [0.05, 0.1) is 44.9 Å². The fourth-order valence-electron chi connectivity index (χ4n) is 8.24. The largest absolute Gasteiger partial charge is 0.481 e. The number of nitrogens with one attached hydrogen (secondary N) is 10. The van der Waals surface area contributed by atoms with Crippen LogP contribution >= 0.6 is 0 Å². The van der Waals surface area contributed by atoms with Crippen molar-refractivity contribution < 1.29 is 92.7 Å². The van der Waals surface area contributed by atoms with Gasteiger partial charge in [0.25, 0.3) is 0 Å². The number of hydrogen-bond donors (Lipinski definition) is 21. The molecule has 0 unspecified atom stereocenters. The van der Waals surface area contributed by atoms with Gasteiger partial charge in [-0.25, -0.2) is 4.79 Å². The molecule has 0 spiro atoms. The van der Waals surface area contributed by atoms with Gasteiger partial charge in [0.2, 0.25) is 70.9 Å². The Balaban J connectivity index is 3.20. The summed E-state index contributed by atoms with van der Waals surface area (Å²) >= 11 is 0. The third kappa shape index (κ3) is 28.0. The number of carboxylic acid groups (broad SMARTS) is 2. The minimum absolute atomic E-state index is 0.0128. The first-order valence-corrected chi connectivity index (χ1v) is 27.9. The molecule has 0 aliphatic carbocycles. The molecule has 38 heteroatoms. The Morgan fingerprint density at radius 2 is 1.01 bits per heavy atom. The number of carboxylic acids is 2. The fraction of sp³-hybridized carbons (Fsp3) is 0.680. The first-order chi connectivity index (χ1) is 41.1. The molecule has 27 N–H and O–H groups in total. The number of primary amides is 1. The molecule has 1 rings (SSSR count). The predicted molar refractivity (Wildman–Crippen MR) is 308 cm³/mol. The molecule has 1 saturated heterocycles. The lowest BCUT2D eigenvalue weighted by Crippen LogP contribution is -2.61. The standard InChI is InChI=1S/C50H87N19O19/c1-22(2)36(52)44(83)65-29(20-70)39(78)59-18-33(74)61-28(17-32(51)73)42(81)68-37(23(3)4)45(84)66-30(21-71)47(86)69-16-8-11-31(69)43(82)60-19-34(75)67-38(24(5)72)46(85)63-26(10-7-15-58-50(55)56)40(79)62-25(9-6-14-57-49(53)54)41(80)64-27(48(87)88)12-13-35(76)77/h22-31,36-38,70-72H,6-21,52H2,1-5H3,(H2,51,73)(H,59,78)(H,60,82)(H,61,74)(H,62,79)(H,63,85)(H,64,80)(H,65,83)(H,66,84)(H,67,75)(H,68,81)(H,76,77)(H,87,88)(H4,53,54,57)(H4,55,56,58)/t24-,25+,26+,27+,28+,29+,30+,31+,36+,37+,38+/m1/s1. The van der Waals surface area contributed by atoms with Crippen molar-refractivity contribution in [3.8, 4) is 0 Å². The number of guanidine groups is 2. The van der Waals surface area contributed by atoms with Crippen LogP contribution in [0.25, 0.3) is 0 Å². The normalized spacial score (nSPS) is 16.1. The summed E-state index contributed by atoms with van der Waals surface area (Å²) in [6.45, 7) is 3.54. The van der Waals surface area contributed by atoms with Crippen LogP contribution in [0.3, 0.4) is 0 Å². The number of rotatable bonds is 40. The highest BCUT2D eigenvalue weighted by atomic mass is 16.4. The summed E-state index contributed by atoms with van der Waals surface area (Å²) in [5, 5.41) is 72.2. The quantitative estimate of drug-likeness (QED) is 0.0154. The van der Waals surface area contributed by atoms with Gasteiger partial charge in [-0.1, -0.05) is 27.7 Å². The molecule has 0 bridgehead atoms. The van der Waals surface area contributed by atoms with Gasteiger partial charge >= 0.3 is 11.9 Å². The molecule has 0 aromatic carbocycles. The molecule has 1 fully saturated rings. The molecule has 1 heterocycles. The number of carbonyl (C=O) groups is 14. The van der Waals surface area contributed by atoms with Crippen molar-refractivity contribution in [1.82, 2.24) is 58.1 Å². The van der Waals surface area contributed by atoms with Crippen molar-refractivity contribution in [1.29, 1.82) is 0 Å². The Morgan fingerprint density at radius 3 is 1.49 bits per heavy atom. The molecular formula is C50H87N19O19. The number of carbonyl (C=O) groups excluding carboxylic acids is 12. The van der Waals surface area contributed by atoms with E-state index in [1.54, 1.807) is 13.8 Å². The van der Waals surface area contributed by atoms with Gasteiger partial charge in [-0.2, -0.15) is 0 Å². The van der Waals surface area contributed by atoms with E-state index in [9.17, 15) is 87.5 Å². The van der Waals surface area contributed by atoms with E-state index >= 15 is 0 Å². The number of likely N-dealkylation sites (tertiary alicyclic amines) is 1. The van der Waals surface area contributed by atoms with Gasteiger partial charge in [0.1, 0.15) is 54.4 Å². The molecule has 1 aliphatic heterocycles. The predicted octanol–water partition coefficient (Wildman–Crippen LogP) is -11.0. The molecule has 0 aromatic heterocycles. The van der Waals surface area contributed by atoms with Gasteiger partial charge in [-0.3, -0.25) is 72.3 Å². The highest BCUT2D eigenvalue weighted by molar-refractivity contribution is 5.99. The molecular weight excluding hydrogens is 1170 g/mol. The zero-order chi connectivity index (χ0) is 67.1. The zero-order valence-corrected chi connectivity index (χ0v) is 49.6. The molecule has 12 amide bonds. The Hall–Kier alpha value is -9.04. The Labute approximate surface area is 505 Å². The second-order valence-corrected chi connectivity index (χ2v) is 21.0. The summed E-state index contributed by atoms with van der Waals surface area (Å²) in [4.78, 5) is 191. The van der Waals surface area contributed by atoms with Crippen LogP contribution in [0.15, 0.2) is 9.98 Å². The highest BCUT2D eigenvalue weighted by Gasteiger charge is 2.40. The van der Waals surface area contributed by atoms with Gasteiger partial charge in [0.15, 0.2) is 11.9 Å².